The van der Waals surface area contributed by atoms with Gasteiger partial charge in [0.05, 0.1) is 6.61 Å². The van der Waals surface area contributed by atoms with Crippen LogP contribution in [0.5, 0.6) is 0 Å². The maximum absolute atomic E-state index is 10.3. The SMILES string of the molecule is CCC(COC)NC(C)CCC(=O)O. The Labute approximate surface area is 85.6 Å². The fraction of sp³-hybridized carbons (Fsp3) is 0.900. The first-order valence-electron chi connectivity index (χ1n) is 5.06. The van der Waals surface area contributed by atoms with Crippen LogP contribution in [0, 0.1) is 0 Å². The summed E-state index contributed by atoms with van der Waals surface area (Å²) in [5.74, 6) is -0.738. The summed E-state index contributed by atoms with van der Waals surface area (Å²) in [7, 11) is 1.67. The number of methoxy groups -OCH3 is 1. The minimum Gasteiger partial charge on any atom is -0.481 e. The number of nitrogens with one attached hydrogen (secondary N) is 1. The number of ether oxygens (including phenoxy) is 1. The molecule has 0 heterocycles. The summed E-state index contributed by atoms with van der Waals surface area (Å²) in [6.45, 7) is 4.76. The number of aliphatic carboxylic acids is 1. The molecular formula is C10H21NO3. The topological polar surface area (TPSA) is 58.6 Å². The molecule has 0 spiro atoms. The predicted molar refractivity (Wildman–Crippen MR) is 55.4 cm³/mol. The molecule has 0 aliphatic rings. The van der Waals surface area contributed by atoms with Gasteiger partial charge in [0, 0.05) is 25.6 Å². The molecule has 0 bridgehead atoms. The van der Waals surface area contributed by atoms with Crippen LogP contribution in [0.25, 0.3) is 0 Å². The molecule has 0 radical (unpaired) electrons. The van der Waals surface area contributed by atoms with Crippen LogP contribution in [0.2, 0.25) is 0 Å². The fourth-order valence-electron chi connectivity index (χ4n) is 1.31. The lowest BCUT2D eigenvalue weighted by atomic mass is 10.1. The normalized spacial score (nSPS) is 15.1. The molecule has 4 nitrogen and oxygen atoms in total. The Morgan fingerprint density at radius 1 is 1.57 bits per heavy atom. The average Bonchev–Trinajstić information content (AvgIpc) is 2.14. The summed E-state index contributed by atoms with van der Waals surface area (Å²) < 4.78 is 5.04. The molecule has 0 rings (SSSR count). The van der Waals surface area contributed by atoms with E-state index < -0.39 is 5.97 Å². The van der Waals surface area contributed by atoms with Crippen molar-refractivity contribution in [1.29, 1.82) is 0 Å². The van der Waals surface area contributed by atoms with Crippen molar-refractivity contribution in [3.63, 3.8) is 0 Å². The van der Waals surface area contributed by atoms with Crippen molar-refractivity contribution in [2.75, 3.05) is 13.7 Å². The van der Waals surface area contributed by atoms with Gasteiger partial charge in [0.2, 0.25) is 0 Å². The van der Waals surface area contributed by atoms with Crippen LogP contribution < -0.4 is 5.32 Å². The number of carboxylic acid groups (broad SMARTS) is 1. The van der Waals surface area contributed by atoms with Gasteiger partial charge in [-0.2, -0.15) is 0 Å². The Balaban J connectivity index is 3.66. The van der Waals surface area contributed by atoms with Crippen LogP contribution in [-0.2, 0) is 9.53 Å². The van der Waals surface area contributed by atoms with E-state index in [2.05, 4.69) is 12.2 Å². The smallest absolute Gasteiger partial charge is 0.303 e. The standard InChI is InChI=1S/C10H21NO3/c1-4-9(7-14-3)11-8(2)5-6-10(12)13/h8-9,11H,4-7H2,1-3H3,(H,12,13). The molecule has 0 saturated heterocycles. The summed E-state index contributed by atoms with van der Waals surface area (Å²) in [6, 6.07) is 0.551. The number of rotatable bonds is 8. The molecule has 0 aliphatic carbocycles. The average molecular weight is 203 g/mol. The van der Waals surface area contributed by atoms with Crippen molar-refractivity contribution in [2.45, 2.75) is 45.2 Å². The zero-order chi connectivity index (χ0) is 11.0. The van der Waals surface area contributed by atoms with Crippen molar-refractivity contribution in [3.8, 4) is 0 Å². The van der Waals surface area contributed by atoms with Crippen LogP contribution in [0.4, 0.5) is 0 Å². The highest BCUT2D eigenvalue weighted by molar-refractivity contribution is 5.66. The lowest BCUT2D eigenvalue weighted by Crippen LogP contribution is -2.39. The van der Waals surface area contributed by atoms with E-state index in [1.54, 1.807) is 7.11 Å². The zero-order valence-corrected chi connectivity index (χ0v) is 9.25. The molecule has 2 unspecified atom stereocenters. The fourth-order valence-corrected chi connectivity index (χ4v) is 1.31. The van der Waals surface area contributed by atoms with E-state index >= 15 is 0 Å². The first-order valence-corrected chi connectivity index (χ1v) is 5.06. The van der Waals surface area contributed by atoms with Gasteiger partial charge in [-0.1, -0.05) is 6.92 Å². The van der Waals surface area contributed by atoms with Gasteiger partial charge in [-0.25, -0.2) is 0 Å². The van der Waals surface area contributed by atoms with Gasteiger partial charge in [-0.3, -0.25) is 4.79 Å². The van der Waals surface area contributed by atoms with E-state index in [0.29, 0.717) is 19.1 Å². The van der Waals surface area contributed by atoms with Gasteiger partial charge in [-0.15, -0.1) is 0 Å². The van der Waals surface area contributed by atoms with E-state index in [1.165, 1.54) is 0 Å². The Morgan fingerprint density at radius 3 is 2.64 bits per heavy atom. The lowest BCUT2D eigenvalue weighted by molar-refractivity contribution is -0.137. The second-order valence-electron chi connectivity index (χ2n) is 3.56. The summed E-state index contributed by atoms with van der Waals surface area (Å²) in [5.41, 5.74) is 0. The van der Waals surface area contributed by atoms with Gasteiger partial charge < -0.3 is 15.2 Å². The van der Waals surface area contributed by atoms with E-state index in [9.17, 15) is 4.79 Å². The Bertz CT molecular complexity index is 161. The number of hydrogen-bond donors (Lipinski definition) is 2. The molecule has 2 atom stereocenters. The van der Waals surface area contributed by atoms with Gasteiger partial charge in [-0.05, 0) is 19.8 Å². The van der Waals surface area contributed by atoms with E-state index in [1.807, 2.05) is 6.92 Å². The first kappa shape index (κ1) is 13.4. The van der Waals surface area contributed by atoms with Crippen LogP contribution in [0.15, 0.2) is 0 Å². The minimum atomic E-state index is -0.738. The monoisotopic (exact) mass is 203 g/mol. The summed E-state index contributed by atoms with van der Waals surface area (Å²) in [5, 5.41) is 11.8. The maximum Gasteiger partial charge on any atom is 0.303 e. The second kappa shape index (κ2) is 7.76. The molecule has 0 amide bonds. The van der Waals surface area contributed by atoms with Crippen LogP contribution in [0.1, 0.15) is 33.1 Å². The summed E-state index contributed by atoms with van der Waals surface area (Å²) in [4.78, 5) is 10.3. The lowest BCUT2D eigenvalue weighted by Gasteiger charge is -2.21. The highest BCUT2D eigenvalue weighted by atomic mass is 16.5. The van der Waals surface area contributed by atoms with E-state index in [-0.39, 0.29) is 12.5 Å². The number of carbonyl (C=O) groups is 1. The van der Waals surface area contributed by atoms with Crippen LogP contribution in [0.3, 0.4) is 0 Å². The minimum absolute atomic E-state index is 0.220. The second-order valence-corrected chi connectivity index (χ2v) is 3.56. The Hall–Kier alpha value is -0.610. The third-order valence-electron chi connectivity index (χ3n) is 2.17. The molecule has 0 aromatic carbocycles. The molecule has 0 aliphatic heterocycles. The van der Waals surface area contributed by atoms with Crippen molar-refractivity contribution in [1.82, 2.24) is 5.32 Å². The highest BCUT2D eigenvalue weighted by Crippen LogP contribution is 2.00. The van der Waals surface area contributed by atoms with Crippen molar-refractivity contribution in [3.05, 3.63) is 0 Å². The highest BCUT2D eigenvalue weighted by Gasteiger charge is 2.10. The Morgan fingerprint density at radius 2 is 2.21 bits per heavy atom. The quantitative estimate of drug-likeness (QED) is 0.623. The predicted octanol–water partition coefficient (Wildman–Crippen LogP) is 1.25. The first-order chi connectivity index (χ1) is 6.60. The molecule has 2 N–H and O–H groups in total. The van der Waals surface area contributed by atoms with Crippen LogP contribution >= 0.6 is 0 Å². The molecule has 0 aromatic heterocycles. The Kier molecular flexibility index (Phi) is 7.42. The third kappa shape index (κ3) is 6.86. The number of hydrogen-bond acceptors (Lipinski definition) is 3. The molecule has 14 heavy (non-hydrogen) atoms. The third-order valence-corrected chi connectivity index (χ3v) is 2.17. The van der Waals surface area contributed by atoms with Gasteiger partial charge in [0.1, 0.15) is 0 Å². The maximum atomic E-state index is 10.3. The molecule has 84 valence electrons. The summed E-state index contributed by atoms with van der Waals surface area (Å²) >= 11 is 0. The van der Waals surface area contributed by atoms with Crippen molar-refractivity contribution >= 4 is 5.97 Å². The molecule has 0 aromatic rings. The molecule has 0 saturated carbocycles. The molecule has 4 heteroatoms. The van der Waals surface area contributed by atoms with Crippen LogP contribution in [-0.4, -0.2) is 36.9 Å². The zero-order valence-electron chi connectivity index (χ0n) is 9.25. The van der Waals surface area contributed by atoms with Crippen molar-refractivity contribution in [2.24, 2.45) is 0 Å². The van der Waals surface area contributed by atoms with Gasteiger partial charge >= 0.3 is 5.97 Å². The van der Waals surface area contributed by atoms with Crippen molar-refractivity contribution < 1.29 is 14.6 Å². The van der Waals surface area contributed by atoms with E-state index in [4.69, 9.17) is 9.84 Å². The number of carboxylic acids is 1. The largest absolute Gasteiger partial charge is 0.481 e. The summed E-state index contributed by atoms with van der Waals surface area (Å²) in [6.07, 6.45) is 1.87. The molecule has 0 fully saturated rings. The van der Waals surface area contributed by atoms with Gasteiger partial charge in [0.15, 0.2) is 0 Å². The molecular weight excluding hydrogens is 182 g/mol. The van der Waals surface area contributed by atoms with E-state index in [0.717, 1.165) is 6.42 Å². The van der Waals surface area contributed by atoms with Gasteiger partial charge in [0.25, 0.3) is 0 Å².